The second kappa shape index (κ2) is 13.0. The van der Waals surface area contributed by atoms with Gasteiger partial charge >= 0.3 is 0 Å². The van der Waals surface area contributed by atoms with Crippen LogP contribution >= 0.6 is 0 Å². The summed E-state index contributed by atoms with van der Waals surface area (Å²) in [7, 11) is 0. The van der Waals surface area contributed by atoms with E-state index in [2.05, 4.69) is 19.2 Å². The highest BCUT2D eigenvalue weighted by molar-refractivity contribution is 6.01. The van der Waals surface area contributed by atoms with Crippen LogP contribution in [0.5, 0.6) is 0 Å². The number of aliphatic hydroxyl groups excluding tert-OH is 1. The Morgan fingerprint density at radius 2 is 1.98 bits per heavy atom. The van der Waals surface area contributed by atoms with Crippen LogP contribution in [0.2, 0.25) is 0 Å². The Bertz CT molecular complexity index is 1300. The van der Waals surface area contributed by atoms with Crippen molar-refractivity contribution in [2.24, 2.45) is 34.3 Å². The average Bonchev–Trinajstić information content (AvgIpc) is 3.44. The zero-order valence-corrected chi connectivity index (χ0v) is 26.4. The van der Waals surface area contributed by atoms with Crippen LogP contribution in [0.4, 0.5) is 0 Å². The fourth-order valence-corrected chi connectivity index (χ4v) is 8.47. The van der Waals surface area contributed by atoms with Crippen LogP contribution in [0.15, 0.2) is 54.1 Å². The lowest BCUT2D eigenvalue weighted by Gasteiger charge is -2.61. The minimum absolute atomic E-state index is 0.00324. The zero-order valence-electron chi connectivity index (χ0n) is 26.4. The first-order valence-corrected chi connectivity index (χ1v) is 16.0. The van der Waals surface area contributed by atoms with Crippen LogP contribution in [0.3, 0.4) is 0 Å². The first-order chi connectivity index (χ1) is 20.9. The lowest BCUT2D eigenvalue weighted by Crippen LogP contribution is -2.66. The number of allylic oxidation sites excluding steroid dienone is 4. The number of ketones is 2. The van der Waals surface area contributed by atoms with Gasteiger partial charge < -0.3 is 30.4 Å². The molecule has 3 aliphatic carbocycles. The van der Waals surface area contributed by atoms with Gasteiger partial charge in [0.05, 0.1) is 18.8 Å². The molecule has 4 aliphatic rings. The average molecular weight is 609 g/mol. The van der Waals surface area contributed by atoms with Crippen LogP contribution < -0.4 is 11.1 Å². The quantitative estimate of drug-likeness (QED) is 0.256. The molecule has 9 atom stereocenters. The number of aliphatic hydroxyl groups is 1. The van der Waals surface area contributed by atoms with Gasteiger partial charge in [-0.2, -0.15) is 0 Å². The van der Waals surface area contributed by atoms with E-state index in [0.717, 1.165) is 30.4 Å². The molecule has 4 N–H and O–H groups in total. The fourth-order valence-electron chi connectivity index (χ4n) is 8.47. The zero-order chi connectivity index (χ0) is 31.7. The Balaban J connectivity index is 1.30. The number of hydrogen-bond acceptors (Lipinski definition) is 8. The smallest absolute Gasteiger partial charge is 0.239 e. The van der Waals surface area contributed by atoms with Gasteiger partial charge in [0, 0.05) is 16.7 Å². The van der Waals surface area contributed by atoms with E-state index in [4.69, 9.17) is 19.9 Å². The van der Waals surface area contributed by atoms with Crippen LogP contribution in [-0.2, 0) is 35.0 Å². The van der Waals surface area contributed by atoms with Crippen molar-refractivity contribution in [1.29, 1.82) is 0 Å². The van der Waals surface area contributed by atoms with Gasteiger partial charge in [0.15, 0.2) is 23.5 Å². The molecule has 0 radical (unpaired) electrons. The van der Waals surface area contributed by atoms with Crippen LogP contribution in [0, 0.1) is 28.6 Å². The molecule has 3 fully saturated rings. The van der Waals surface area contributed by atoms with E-state index in [9.17, 15) is 19.5 Å². The Morgan fingerprint density at radius 3 is 2.70 bits per heavy atom. The Kier molecular flexibility index (Phi) is 9.64. The largest absolute Gasteiger partial charge is 0.393 e. The predicted molar refractivity (Wildman–Crippen MR) is 165 cm³/mol. The molecule has 5 rings (SSSR count). The molecular weight excluding hydrogens is 560 g/mol. The van der Waals surface area contributed by atoms with E-state index in [1.807, 2.05) is 50.3 Å². The highest BCUT2D eigenvalue weighted by atomic mass is 16.7. The summed E-state index contributed by atoms with van der Waals surface area (Å²) in [6.07, 6.45) is 7.90. The number of fused-ring (bicyclic) bond motifs is 3. The van der Waals surface area contributed by atoms with Gasteiger partial charge in [-0.1, -0.05) is 76.1 Å². The standard InChI is InChI=1S/C35H48N2O7/c1-5-9-30-43-20-35(44-30,29(40)19-42-21-37-32(41)27(36)16-23-10-7-6-8-11-23)34(4)18-28(39)31-26(22(34)2)13-12-24-17-25(38)14-15-33(24,31)3/h6-8,10-11,14-15,17,22,26-28,30-31,39H,5,9,12-13,16,18-21,36H2,1-4H3,(H,37,41). The van der Waals surface area contributed by atoms with Crippen molar-refractivity contribution in [2.45, 2.75) is 90.3 Å². The van der Waals surface area contributed by atoms with Crippen LogP contribution in [0.25, 0.3) is 0 Å². The first kappa shape index (κ1) is 32.7. The molecule has 240 valence electrons. The van der Waals surface area contributed by atoms with Gasteiger partial charge in [0.1, 0.15) is 13.3 Å². The summed E-state index contributed by atoms with van der Waals surface area (Å²) >= 11 is 0. The number of carbonyl (C=O) groups is 3. The van der Waals surface area contributed by atoms with Gasteiger partial charge in [0.2, 0.25) is 5.91 Å². The maximum atomic E-state index is 14.2. The van der Waals surface area contributed by atoms with Crippen molar-refractivity contribution in [2.75, 3.05) is 19.9 Å². The van der Waals surface area contributed by atoms with E-state index in [-0.39, 0.29) is 55.2 Å². The number of ether oxygens (including phenoxy) is 3. The number of amides is 1. The molecule has 9 heteroatoms. The molecule has 1 amide bonds. The monoisotopic (exact) mass is 608 g/mol. The van der Waals surface area contributed by atoms with Crippen molar-refractivity contribution >= 4 is 17.5 Å². The molecule has 0 bridgehead atoms. The maximum Gasteiger partial charge on any atom is 0.239 e. The van der Waals surface area contributed by atoms with Crippen molar-refractivity contribution in [1.82, 2.24) is 5.32 Å². The highest BCUT2D eigenvalue weighted by Gasteiger charge is 2.67. The minimum atomic E-state index is -1.32. The van der Waals surface area contributed by atoms with E-state index >= 15 is 0 Å². The van der Waals surface area contributed by atoms with Gasteiger partial charge in [-0.25, -0.2) is 0 Å². The number of Topliss-reactive ketones (excluding diaryl/α,β-unsaturated/α-hetero) is 1. The number of carbonyl (C=O) groups excluding carboxylic acids is 3. The summed E-state index contributed by atoms with van der Waals surface area (Å²) < 4.78 is 18.4. The normalized spacial score (nSPS) is 37.1. The first-order valence-electron chi connectivity index (χ1n) is 16.0. The molecule has 44 heavy (non-hydrogen) atoms. The molecule has 0 spiro atoms. The number of nitrogens with one attached hydrogen (secondary N) is 1. The summed E-state index contributed by atoms with van der Waals surface area (Å²) in [5.74, 6) is -0.597. The van der Waals surface area contributed by atoms with Gasteiger partial charge in [-0.3, -0.25) is 14.4 Å². The molecule has 2 saturated carbocycles. The lowest BCUT2D eigenvalue weighted by molar-refractivity contribution is -0.208. The SMILES string of the molecule is CCCC1OCC(C(=O)COCNC(=O)C(N)Cc2ccccc2)(C2(C)CC(O)C3C(CCC4=CC(=O)C=CC43C)C2C)O1. The number of hydrogen-bond donors (Lipinski definition) is 3. The molecule has 1 aliphatic heterocycles. The van der Waals surface area contributed by atoms with Crippen molar-refractivity contribution in [3.8, 4) is 0 Å². The van der Waals surface area contributed by atoms with E-state index in [1.54, 1.807) is 12.2 Å². The third-order valence-electron chi connectivity index (χ3n) is 11.1. The lowest BCUT2D eigenvalue weighted by atomic mass is 9.44. The number of benzene rings is 1. The molecule has 1 heterocycles. The van der Waals surface area contributed by atoms with Crippen LogP contribution in [0.1, 0.15) is 65.4 Å². The predicted octanol–water partition coefficient (Wildman–Crippen LogP) is 3.63. The molecule has 1 saturated heterocycles. The van der Waals surface area contributed by atoms with Crippen LogP contribution in [-0.4, -0.2) is 66.6 Å². The Labute approximate surface area is 260 Å². The molecule has 1 aromatic rings. The van der Waals surface area contributed by atoms with Gasteiger partial charge in [-0.05, 0) is 61.7 Å². The topological polar surface area (TPSA) is 137 Å². The van der Waals surface area contributed by atoms with Crippen molar-refractivity contribution < 1.29 is 33.7 Å². The second-order valence-electron chi connectivity index (χ2n) is 13.6. The van der Waals surface area contributed by atoms with Gasteiger partial charge in [0.25, 0.3) is 0 Å². The Morgan fingerprint density at radius 1 is 1.23 bits per heavy atom. The summed E-state index contributed by atoms with van der Waals surface area (Å²) in [5.41, 5.74) is 5.65. The molecule has 9 nitrogen and oxygen atoms in total. The summed E-state index contributed by atoms with van der Waals surface area (Å²) in [5, 5.41) is 14.5. The van der Waals surface area contributed by atoms with E-state index in [1.165, 1.54) is 0 Å². The number of rotatable bonds is 11. The summed E-state index contributed by atoms with van der Waals surface area (Å²) in [6, 6.07) is 8.79. The second-order valence-corrected chi connectivity index (χ2v) is 13.6. The number of nitrogens with two attached hydrogens (primary N) is 1. The molecule has 9 unspecified atom stereocenters. The van der Waals surface area contributed by atoms with Gasteiger partial charge in [-0.15, -0.1) is 0 Å². The van der Waals surface area contributed by atoms with Crippen molar-refractivity contribution in [3.63, 3.8) is 0 Å². The van der Waals surface area contributed by atoms with Crippen molar-refractivity contribution in [3.05, 3.63) is 59.7 Å². The van der Waals surface area contributed by atoms with E-state index < -0.39 is 34.9 Å². The molecule has 0 aromatic heterocycles. The highest BCUT2D eigenvalue weighted by Crippen LogP contribution is 2.64. The molecular formula is C35H48N2O7. The third kappa shape index (κ3) is 5.85. The fraction of sp³-hybridized carbons (Fsp3) is 0.629. The minimum Gasteiger partial charge on any atom is -0.393 e. The van der Waals surface area contributed by atoms with E-state index in [0.29, 0.717) is 19.3 Å². The maximum absolute atomic E-state index is 14.2. The summed E-state index contributed by atoms with van der Waals surface area (Å²) in [4.78, 5) is 38.9. The third-order valence-corrected chi connectivity index (χ3v) is 11.1. The summed E-state index contributed by atoms with van der Waals surface area (Å²) in [6.45, 7) is 8.01. The Hall–Kier alpha value is -2.69. The molecule has 1 aromatic carbocycles.